The Bertz CT molecular complexity index is 7110. The molecule has 476 valence electrons. The lowest BCUT2D eigenvalue weighted by Gasteiger charge is -2.11. The molecular weight excluding hydrogens is 1240 g/mol. The molecule has 22 rings (SSSR count). The molecule has 0 bridgehead atoms. The van der Waals surface area contributed by atoms with Crippen LogP contribution in [0.5, 0.6) is 0 Å². The zero-order valence-electron chi connectivity index (χ0n) is 55.2. The number of nitrogens with zero attached hydrogens (tertiary/aromatic N) is 8. The SMILES string of the molecule is c1ccc(-n2c3ccccc3c3cc(-c4cccc(-n5c6ccccc6c6c5ccc5c7ccccc7n(-c7ccccc7)c56)n4)ccc32)cc1.c1ccc(-n2c3ccccc3c3cc(-c4cccc(-n5c6ccccc6c6ccc7c(c8ccccc8n7-c7ccccc7)c65)n4)ccc32)cc1. The normalized spacial score (nSPS) is 11.9. The van der Waals surface area contributed by atoms with Gasteiger partial charge in [-0.3, -0.25) is 9.13 Å². The summed E-state index contributed by atoms with van der Waals surface area (Å²) in [6.07, 6.45) is 0. The van der Waals surface area contributed by atoms with Crippen LogP contribution < -0.4 is 0 Å². The predicted molar refractivity (Wildman–Crippen MR) is 425 cm³/mol. The second-order valence-corrected chi connectivity index (χ2v) is 26.4. The summed E-state index contributed by atoms with van der Waals surface area (Å²) in [4.78, 5) is 10.8. The number of fused-ring (bicyclic) bond motifs is 20. The molecule has 8 heteroatoms. The van der Waals surface area contributed by atoms with Crippen LogP contribution in [0.3, 0.4) is 0 Å². The number of pyridine rings is 2. The molecule has 8 aromatic heterocycles. The van der Waals surface area contributed by atoms with E-state index in [1.165, 1.54) is 114 Å². The zero-order chi connectivity index (χ0) is 66.9. The molecule has 0 aliphatic heterocycles. The van der Waals surface area contributed by atoms with Gasteiger partial charge in [-0.2, -0.15) is 0 Å². The summed E-state index contributed by atoms with van der Waals surface area (Å²) in [5.74, 6) is 1.79. The Kier molecular flexibility index (Phi) is 12.9. The Morgan fingerprint density at radius 1 is 0.167 bits per heavy atom. The number of rotatable bonds is 8. The van der Waals surface area contributed by atoms with Gasteiger partial charge >= 0.3 is 0 Å². The van der Waals surface area contributed by atoms with Gasteiger partial charge in [-0.25, -0.2) is 9.97 Å². The third-order valence-corrected chi connectivity index (χ3v) is 20.9. The van der Waals surface area contributed by atoms with Crippen molar-refractivity contribution in [3.8, 4) is 56.9 Å². The van der Waals surface area contributed by atoms with Gasteiger partial charge in [-0.1, -0.05) is 218 Å². The first-order valence-electron chi connectivity index (χ1n) is 34.8. The van der Waals surface area contributed by atoms with E-state index in [0.29, 0.717) is 0 Å². The number of para-hydroxylation sites is 10. The van der Waals surface area contributed by atoms with E-state index in [0.717, 1.165) is 73.5 Å². The van der Waals surface area contributed by atoms with Crippen LogP contribution in [0.4, 0.5) is 0 Å². The highest BCUT2D eigenvalue weighted by atomic mass is 15.1. The fourth-order valence-corrected chi connectivity index (χ4v) is 16.6. The maximum Gasteiger partial charge on any atom is 0.138 e. The van der Waals surface area contributed by atoms with Crippen molar-refractivity contribution in [1.29, 1.82) is 0 Å². The monoisotopic (exact) mass is 1300 g/mol. The summed E-state index contributed by atoms with van der Waals surface area (Å²) >= 11 is 0. The highest BCUT2D eigenvalue weighted by Gasteiger charge is 2.25. The molecule has 8 nitrogen and oxygen atoms in total. The third-order valence-electron chi connectivity index (χ3n) is 20.9. The van der Waals surface area contributed by atoms with Crippen LogP contribution in [-0.4, -0.2) is 37.4 Å². The molecule has 102 heavy (non-hydrogen) atoms. The Hall–Kier alpha value is -13.8. The van der Waals surface area contributed by atoms with Crippen LogP contribution >= 0.6 is 0 Å². The van der Waals surface area contributed by atoms with Crippen molar-refractivity contribution in [2.75, 3.05) is 0 Å². The molecule has 0 aliphatic rings. The van der Waals surface area contributed by atoms with Crippen molar-refractivity contribution in [3.05, 3.63) is 364 Å². The fourth-order valence-electron chi connectivity index (χ4n) is 16.6. The molecule has 14 aromatic carbocycles. The lowest BCUT2D eigenvalue weighted by Crippen LogP contribution is -1.99. The van der Waals surface area contributed by atoms with Crippen LogP contribution in [-0.2, 0) is 0 Å². The van der Waals surface area contributed by atoms with Crippen LogP contribution in [0.2, 0.25) is 0 Å². The molecule has 0 atom stereocenters. The number of benzene rings is 14. The number of aromatic nitrogens is 8. The van der Waals surface area contributed by atoms with Crippen molar-refractivity contribution in [2.45, 2.75) is 0 Å². The molecule has 0 fully saturated rings. The summed E-state index contributed by atoms with van der Waals surface area (Å²) in [7, 11) is 0. The maximum absolute atomic E-state index is 5.44. The lowest BCUT2D eigenvalue weighted by molar-refractivity contribution is 1.08. The topological polar surface area (TPSA) is 55.4 Å². The molecule has 0 amide bonds. The van der Waals surface area contributed by atoms with Crippen LogP contribution in [0.1, 0.15) is 0 Å². The highest BCUT2D eigenvalue weighted by molar-refractivity contribution is 6.28. The van der Waals surface area contributed by atoms with Crippen molar-refractivity contribution in [1.82, 2.24) is 37.4 Å². The second kappa shape index (κ2) is 22.9. The van der Waals surface area contributed by atoms with E-state index in [2.05, 4.69) is 391 Å². The minimum atomic E-state index is 0.896. The average Bonchev–Trinajstić information content (AvgIpc) is 1.55. The van der Waals surface area contributed by atoms with E-state index in [-0.39, 0.29) is 0 Å². The van der Waals surface area contributed by atoms with Gasteiger partial charge in [0.25, 0.3) is 0 Å². The summed E-state index contributed by atoms with van der Waals surface area (Å²) < 4.78 is 14.2. The fraction of sp³-hybridized carbons (Fsp3) is 0. The minimum absolute atomic E-state index is 0.896. The lowest BCUT2D eigenvalue weighted by atomic mass is 10.1. The molecule has 0 spiro atoms. The first-order chi connectivity index (χ1) is 50.7. The number of hydrogen-bond donors (Lipinski definition) is 0. The molecule has 0 radical (unpaired) electrons. The minimum Gasteiger partial charge on any atom is -0.309 e. The largest absolute Gasteiger partial charge is 0.309 e. The Labute approximate surface area is 585 Å². The average molecular weight is 1300 g/mol. The summed E-state index contributed by atoms with van der Waals surface area (Å²) in [6, 6.07) is 130. The second-order valence-electron chi connectivity index (χ2n) is 26.4. The van der Waals surface area contributed by atoms with Gasteiger partial charge in [-0.05, 0) is 146 Å². The van der Waals surface area contributed by atoms with Crippen molar-refractivity contribution in [2.24, 2.45) is 0 Å². The summed E-state index contributed by atoms with van der Waals surface area (Å²) in [5, 5.41) is 14.7. The standard InChI is InChI=1S/2C47H30N4/c1-3-14-32(15-4-1)49-40-22-10-8-19-35(40)38-30-31(26-28-43(38)49)39-21-13-25-45(48-39)51-41-23-11-7-18-34(41)36-27-29-44-46(47(36)51)37-20-9-12-24-42(37)50(44)33-16-5-2-6-17-33;1-3-14-32(15-4-1)49-40-22-10-8-19-35(40)38-30-31(26-28-43(38)49)39-21-13-25-45(48-39)51-42-24-12-9-20-37(42)46-44(51)29-27-36-34-18-7-11-23-41(34)50(47(36)46)33-16-5-2-6-17-33/h2*1-30H. The smallest absolute Gasteiger partial charge is 0.138 e. The van der Waals surface area contributed by atoms with Gasteiger partial charge in [0.05, 0.1) is 77.6 Å². The van der Waals surface area contributed by atoms with Gasteiger partial charge in [0.15, 0.2) is 0 Å². The quantitative estimate of drug-likeness (QED) is 0.152. The van der Waals surface area contributed by atoms with Gasteiger partial charge in [-0.15, -0.1) is 0 Å². The van der Waals surface area contributed by atoms with Gasteiger partial charge in [0.1, 0.15) is 11.6 Å². The van der Waals surface area contributed by atoms with E-state index in [4.69, 9.17) is 9.97 Å². The van der Waals surface area contributed by atoms with Crippen LogP contribution in [0, 0.1) is 0 Å². The molecule has 8 heterocycles. The molecule has 0 unspecified atom stereocenters. The third kappa shape index (κ3) is 8.69. The molecule has 0 saturated carbocycles. The van der Waals surface area contributed by atoms with Crippen molar-refractivity contribution < 1.29 is 0 Å². The summed E-state index contributed by atoms with van der Waals surface area (Å²) in [5.41, 5.74) is 22.8. The van der Waals surface area contributed by atoms with E-state index in [1.807, 2.05) is 0 Å². The molecule has 0 aliphatic carbocycles. The van der Waals surface area contributed by atoms with E-state index in [9.17, 15) is 0 Å². The summed E-state index contributed by atoms with van der Waals surface area (Å²) in [6.45, 7) is 0. The number of hydrogen-bond acceptors (Lipinski definition) is 2. The molecular formula is C94H60N8. The predicted octanol–water partition coefficient (Wildman–Crippen LogP) is 24.1. The van der Waals surface area contributed by atoms with E-state index in [1.54, 1.807) is 0 Å². The zero-order valence-corrected chi connectivity index (χ0v) is 55.2. The van der Waals surface area contributed by atoms with Crippen molar-refractivity contribution in [3.63, 3.8) is 0 Å². The van der Waals surface area contributed by atoms with Crippen LogP contribution in [0.15, 0.2) is 364 Å². The molecule has 0 N–H and O–H groups in total. The van der Waals surface area contributed by atoms with E-state index >= 15 is 0 Å². The van der Waals surface area contributed by atoms with Crippen LogP contribution in [0.25, 0.3) is 188 Å². The molecule has 0 saturated heterocycles. The van der Waals surface area contributed by atoms with Gasteiger partial charge < -0.3 is 18.3 Å². The molecule has 22 aromatic rings. The Balaban J connectivity index is 0.000000133. The first kappa shape index (κ1) is 57.3. The van der Waals surface area contributed by atoms with E-state index < -0.39 is 0 Å². The Morgan fingerprint density at radius 2 is 0.451 bits per heavy atom. The van der Waals surface area contributed by atoms with Crippen molar-refractivity contribution >= 4 is 131 Å². The van der Waals surface area contributed by atoms with Gasteiger partial charge in [0, 0.05) is 98.5 Å². The Morgan fingerprint density at radius 3 is 0.882 bits per heavy atom. The maximum atomic E-state index is 5.44. The first-order valence-corrected chi connectivity index (χ1v) is 34.8. The van der Waals surface area contributed by atoms with Gasteiger partial charge in [0.2, 0.25) is 0 Å². The highest BCUT2D eigenvalue weighted by Crippen LogP contribution is 2.45.